The molecule has 0 amide bonds. The van der Waals surface area contributed by atoms with Gasteiger partial charge in [-0.25, -0.2) is 12.8 Å². The fourth-order valence-corrected chi connectivity index (χ4v) is 5.04. The third-order valence-corrected chi connectivity index (χ3v) is 6.95. The number of hydrogen-bond donors (Lipinski definition) is 1. The summed E-state index contributed by atoms with van der Waals surface area (Å²) in [6.45, 7) is 2.43. The average molecular weight is 458 g/mol. The van der Waals surface area contributed by atoms with Crippen molar-refractivity contribution in [2.75, 3.05) is 44.0 Å². The second kappa shape index (κ2) is 9.13. The molecule has 1 aromatic heterocycles. The van der Waals surface area contributed by atoms with Crippen LogP contribution in [0.15, 0.2) is 59.5 Å². The number of ether oxygens (including phenoxy) is 2. The minimum absolute atomic E-state index is 0.166. The van der Waals surface area contributed by atoms with Crippen LogP contribution in [0, 0.1) is 5.82 Å². The van der Waals surface area contributed by atoms with Crippen molar-refractivity contribution in [1.29, 1.82) is 0 Å². The Morgan fingerprint density at radius 2 is 1.81 bits per heavy atom. The second-order valence-electron chi connectivity index (χ2n) is 7.49. The molecular formula is C23H24FN3O4S. The SMILES string of the molecule is COc1nc(N)ccc1-c1cc(N2CCOCC2)cc(S(=O)(=O)Cc2ccc(F)cc2)c1. The van der Waals surface area contributed by atoms with Gasteiger partial charge in [-0.15, -0.1) is 0 Å². The third-order valence-electron chi connectivity index (χ3n) is 5.28. The van der Waals surface area contributed by atoms with E-state index in [-0.39, 0.29) is 10.6 Å². The number of rotatable bonds is 6. The molecule has 4 rings (SSSR count). The molecule has 3 aromatic rings. The average Bonchev–Trinajstić information content (AvgIpc) is 2.80. The summed E-state index contributed by atoms with van der Waals surface area (Å²) in [6.07, 6.45) is 0. The van der Waals surface area contributed by atoms with Crippen molar-refractivity contribution in [3.63, 3.8) is 0 Å². The summed E-state index contributed by atoms with van der Waals surface area (Å²) in [5, 5.41) is 0. The predicted octanol–water partition coefficient (Wildman–Crippen LogP) is 3.29. The van der Waals surface area contributed by atoms with Gasteiger partial charge in [0.2, 0.25) is 5.88 Å². The fourth-order valence-electron chi connectivity index (χ4n) is 3.64. The molecule has 1 saturated heterocycles. The first-order valence-corrected chi connectivity index (χ1v) is 11.8. The quantitative estimate of drug-likeness (QED) is 0.607. The summed E-state index contributed by atoms with van der Waals surface area (Å²) in [5.74, 6) is -0.0352. The van der Waals surface area contributed by atoms with Gasteiger partial charge in [0, 0.05) is 24.3 Å². The van der Waals surface area contributed by atoms with E-state index in [1.807, 2.05) is 6.07 Å². The summed E-state index contributed by atoms with van der Waals surface area (Å²) in [7, 11) is -2.22. The van der Waals surface area contributed by atoms with Crippen LogP contribution in [-0.4, -0.2) is 46.8 Å². The summed E-state index contributed by atoms with van der Waals surface area (Å²) < 4.78 is 50.7. The summed E-state index contributed by atoms with van der Waals surface area (Å²) in [4.78, 5) is 6.47. The maximum Gasteiger partial charge on any atom is 0.223 e. The third kappa shape index (κ3) is 4.84. The van der Waals surface area contributed by atoms with Gasteiger partial charge in [0.05, 0.1) is 31.0 Å². The zero-order chi connectivity index (χ0) is 22.7. The standard InChI is InChI=1S/C23H24FN3O4S/c1-30-23-21(6-7-22(25)26-23)17-12-19(27-8-10-31-11-9-27)14-20(13-17)32(28,29)15-16-2-4-18(24)5-3-16/h2-7,12-14H,8-11,15H2,1H3,(H2,25,26). The lowest BCUT2D eigenvalue weighted by Gasteiger charge is -2.29. The topological polar surface area (TPSA) is 94.8 Å². The molecule has 0 spiro atoms. The predicted molar refractivity (Wildman–Crippen MR) is 121 cm³/mol. The molecule has 1 aliphatic rings. The van der Waals surface area contributed by atoms with Gasteiger partial charge in [0.25, 0.3) is 0 Å². The molecular weight excluding hydrogens is 433 g/mol. The van der Waals surface area contributed by atoms with Gasteiger partial charge in [0.15, 0.2) is 9.84 Å². The van der Waals surface area contributed by atoms with Gasteiger partial charge in [-0.2, -0.15) is 4.98 Å². The number of nitrogens with zero attached hydrogens (tertiary/aromatic N) is 2. The lowest BCUT2D eigenvalue weighted by atomic mass is 10.1. The van der Waals surface area contributed by atoms with Crippen molar-refractivity contribution < 1.29 is 22.3 Å². The molecule has 2 heterocycles. The largest absolute Gasteiger partial charge is 0.480 e. The van der Waals surface area contributed by atoms with Crippen molar-refractivity contribution in [2.24, 2.45) is 0 Å². The van der Waals surface area contributed by atoms with Gasteiger partial charge in [0.1, 0.15) is 11.6 Å². The number of aromatic nitrogens is 1. The van der Waals surface area contributed by atoms with E-state index in [0.717, 1.165) is 5.69 Å². The number of pyridine rings is 1. The molecule has 0 unspecified atom stereocenters. The highest BCUT2D eigenvalue weighted by molar-refractivity contribution is 7.90. The minimum atomic E-state index is -3.71. The van der Waals surface area contributed by atoms with Gasteiger partial charge < -0.3 is 20.1 Å². The van der Waals surface area contributed by atoms with Crippen LogP contribution in [0.5, 0.6) is 5.88 Å². The van der Waals surface area contributed by atoms with Gasteiger partial charge >= 0.3 is 0 Å². The zero-order valence-electron chi connectivity index (χ0n) is 17.6. The zero-order valence-corrected chi connectivity index (χ0v) is 18.4. The highest BCUT2D eigenvalue weighted by Crippen LogP contribution is 2.35. The summed E-state index contributed by atoms with van der Waals surface area (Å²) in [5.41, 5.74) is 8.35. The maximum absolute atomic E-state index is 13.3. The molecule has 2 N–H and O–H groups in total. The molecule has 1 fully saturated rings. The number of halogens is 1. The Labute approximate surface area is 186 Å². The minimum Gasteiger partial charge on any atom is -0.480 e. The number of anilines is 2. The van der Waals surface area contributed by atoms with Crippen molar-refractivity contribution >= 4 is 21.3 Å². The number of nitrogen functional groups attached to an aromatic ring is 1. The number of methoxy groups -OCH3 is 1. The molecule has 32 heavy (non-hydrogen) atoms. The van der Waals surface area contributed by atoms with Gasteiger partial charge in [-0.1, -0.05) is 12.1 Å². The number of hydrogen-bond acceptors (Lipinski definition) is 7. The molecule has 9 heteroatoms. The van der Waals surface area contributed by atoms with Crippen LogP contribution in [0.1, 0.15) is 5.56 Å². The number of morpholine rings is 1. The first-order chi connectivity index (χ1) is 15.4. The van der Waals surface area contributed by atoms with Crippen molar-refractivity contribution in [2.45, 2.75) is 10.6 Å². The van der Waals surface area contributed by atoms with Gasteiger partial charge in [-0.3, -0.25) is 0 Å². The first-order valence-electron chi connectivity index (χ1n) is 10.1. The van der Waals surface area contributed by atoms with Crippen LogP contribution in [0.4, 0.5) is 15.9 Å². The van der Waals surface area contributed by atoms with E-state index >= 15 is 0 Å². The van der Waals surface area contributed by atoms with E-state index in [9.17, 15) is 12.8 Å². The molecule has 0 aliphatic carbocycles. The van der Waals surface area contributed by atoms with Crippen molar-refractivity contribution in [1.82, 2.24) is 4.98 Å². The highest BCUT2D eigenvalue weighted by Gasteiger charge is 2.22. The number of sulfone groups is 1. The van der Waals surface area contributed by atoms with Gasteiger partial charge in [-0.05, 0) is 53.6 Å². The van der Waals surface area contributed by atoms with E-state index in [4.69, 9.17) is 15.2 Å². The number of nitrogens with two attached hydrogens (primary N) is 1. The van der Waals surface area contributed by atoms with Crippen LogP contribution >= 0.6 is 0 Å². The molecule has 1 aliphatic heterocycles. The molecule has 7 nitrogen and oxygen atoms in total. The normalized spacial score (nSPS) is 14.4. The van der Waals surface area contributed by atoms with E-state index in [0.29, 0.717) is 54.7 Å². The molecule has 0 radical (unpaired) electrons. The molecule has 168 valence electrons. The maximum atomic E-state index is 13.3. The Morgan fingerprint density at radius 3 is 2.50 bits per heavy atom. The summed E-state index contributed by atoms with van der Waals surface area (Å²) >= 11 is 0. The van der Waals surface area contributed by atoms with Crippen LogP contribution in [-0.2, 0) is 20.3 Å². The second-order valence-corrected chi connectivity index (χ2v) is 9.48. The highest BCUT2D eigenvalue weighted by atomic mass is 32.2. The smallest absolute Gasteiger partial charge is 0.223 e. The fraction of sp³-hybridized carbons (Fsp3) is 0.261. The molecule has 2 aromatic carbocycles. The summed E-state index contributed by atoms with van der Waals surface area (Å²) in [6, 6.07) is 14.1. The van der Waals surface area contributed by atoms with E-state index < -0.39 is 15.7 Å². The van der Waals surface area contributed by atoms with Crippen LogP contribution in [0.2, 0.25) is 0 Å². The molecule has 0 saturated carbocycles. The van der Waals surface area contributed by atoms with E-state index in [2.05, 4.69) is 9.88 Å². The lowest BCUT2D eigenvalue weighted by molar-refractivity contribution is 0.122. The Kier molecular flexibility index (Phi) is 6.29. The Bertz CT molecular complexity index is 1210. The number of benzene rings is 2. The van der Waals surface area contributed by atoms with Crippen molar-refractivity contribution in [3.8, 4) is 17.0 Å². The van der Waals surface area contributed by atoms with Crippen LogP contribution in [0.25, 0.3) is 11.1 Å². The van der Waals surface area contributed by atoms with Crippen LogP contribution in [0.3, 0.4) is 0 Å². The lowest BCUT2D eigenvalue weighted by Crippen LogP contribution is -2.36. The first kappa shape index (κ1) is 22.0. The monoisotopic (exact) mass is 457 g/mol. The van der Waals surface area contributed by atoms with E-state index in [1.165, 1.54) is 31.4 Å². The van der Waals surface area contributed by atoms with Crippen molar-refractivity contribution in [3.05, 3.63) is 66.0 Å². The Balaban J connectivity index is 1.81. The Morgan fingerprint density at radius 1 is 1.09 bits per heavy atom. The molecule has 0 atom stereocenters. The van der Waals surface area contributed by atoms with E-state index in [1.54, 1.807) is 24.3 Å². The molecule has 0 bridgehead atoms. The Hall–Kier alpha value is -3.17. The van der Waals surface area contributed by atoms with Crippen LogP contribution < -0.4 is 15.4 Å².